The molecule has 1 aromatic carbocycles. The van der Waals surface area contributed by atoms with E-state index in [9.17, 15) is 13.2 Å². The second kappa shape index (κ2) is 7.13. The van der Waals surface area contributed by atoms with Crippen LogP contribution in [0.1, 0.15) is 32.4 Å². The number of rotatable bonds is 6. The van der Waals surface area contributed by atoms with E-state index >= 15 is 0 Å². The third-order valence-corrected chi connectivity index (χ3v) is 3.80. The zero-order valence-electron chi connectivity index (χ0n) is 12.8. The van der Waals surface area contributed by atoms with Gasteiger partial charge in [0.1, 0.15) is 5.75 Å². The number of hydrogen-bond acceptors (Lipinski definition) is 3. The molecule has 0 radical (unpaired) electrons. The standard InChI is InChI=1S/C15H23F3N2O/c1-10(2)11(3)20(4)14(9-19)12-6-5-7-13(8-12)21-15(16,17)18/h5-8,10-11,14H,9,19H2,1-4H3. The summed E-state index contributed by atoms with van der Waals surface area (Å²) in [4.78, 5) is 2.08. The molecule has 2 unspecified atom stereocenters. The average Bonchev–Trinajstić information content (AvgIpc) is 2.36. The van der Waals surface area contributed by atoms with Crippen LogP contribution in [0.4, 0.5) is 13.2 Å². The lowest BCUT2D eigenvalue weighted by atomic mass is 9.99. The van der Waals surface area contributed by atoms with Crippen LogP contribution in [0, 0.1) is 5.92 Å². The van der Waals surface area contributed by atoms with Crippen molar-refractivity contribution < 1.29 is 17.9 Å². The third-order valence-electron chi connectivity index (χ3n) is 3.80. The molecule has 21 heavy (non-hydrogen) atoms. The molecule has 0 spiro atoms. The second-order valence-corrected chi connectivity index (χ2v) is 5.52. The summed E-state index contributed by atoms with van der Waals surface area (Å²) in [6.07, 6.45) is -4.69. The van der Waals surface area contributed by atoms with Crippen molar-refractivity contribution in [3.05, 3.63) is 29.8 Å². The Kier molecular flexibility index (Phi) is 6.04. The Morgan fingerprint density at radius 3 is 2.33 bits per heavy atom. The van der Waals surface area contributed by atoms with E-state index in [1.54, 1.807) is 12.1 Å². The van der Waals surface area contributed by atoms with Gasteiger partial charge in [-0.2, -0.15) is 0 Å². The molecule has 0 amide bonds. The van der Waals surface area contributed by atoms with Crippen LogP contribution in [0.3, 0.4) is 0 Å². The van der Waals surface area contributed by atoms with Crippen LogP contribution >= 0.6 is 0 Å². The number of nitrogens with two attached hydrogens (primary N) is 1. The van der Waals surface area contributed by atoms with Crippen molar-refractivity contribution >= 4 is 0 Å². The first-order valence-corrected chi connectivity index (χ1v) is 6.93. The van der Waals surface area contributed by atoms with Crippen molar-refractivity contribution in [2.45, 2.75) is 39.2 Å². The smallest absolute Gasteiger partial charge is 0.406 e. The number of nitrogens with zero attached hydrogens (tertiary/aromatic N) is 1. The molecule has 2 N–H and O–H groups in total. The maximum Gasteiger partial charge on any atom is 0.573 e. The first kappa shape index (κ1) is 17.8. The SMILES string of the molecule is CC(C)C(C)N(C)C(CN)c1cccc(OC(F)(F)F)c1. The molecule has 0 aliphatic rings. The van der Waals surface area contributed by atoms with Crippen LogP contribution in [-0.4, -0.2) is 30.9 Å². The highest BCUT2D eigenvalue weighted by Gasteiger charge is 2.31. The molecule has 0 saturated carbocycles. The fourth-order valence-corrected chi connectivity index (χ4v) is 2.21. The molecule has 0 aliphatic heterocycles. The highest BCUT2D eigenvalue weighted by molar-refractivity contribution is 5.31. The Hall–Kier alpha value is -1.27. The van der Waals surface area contributed by atoms with E-state index in [4.69, 9.17) is 5.73 Å². The first-order chi connectivity index (χ1) is 9.65. The van der Waals surface area contributed by atoms with E-state index < -0.39 is 6.36 Å². The topological polar surface area (TPSA) is 38.5 Å². The normalized spacial score (nSPS) is 15.3. The molecule has 1 aromatic rings. The van der Waals surface area contributed by atoms with Gasteiger partial charge in [-0.25, -0.2) is 0 Å². The van der Waals surface area contributed by atoms with E-state index in [0.29, 0.717) is 18.0 Å². The Morgan fingerprint density at radius 1 is 1.24 bits per heavy atom. The van der Waals surface area contributed by atoms with Crippen molar-refractivity contribution in [2.75, 3.05) is 13.6 Å². The number of likely N-dealkylation sites (N-methyl/N-ethyl adjacent to an activating group) is 1. The minimum atomic E-state index is -4.69. The molecule has 0 heterocycles. The largest absolute Gasteiger partial charge is 0.573 e. The fourth-order valence-electron chi connectivity index (χ4n) is 2.21. The summed E-state index contributed by atoms with van der Waals surface area (Å²) in [5, 5.41) is 0. The number of alkyl halides is 3. The second-order valence-electron chi connectivity index (χ2n) is 5.52. The van der Waals surface area contributed by atoms with E-state index in [1.165, 1.54) is 12.1 Å². The van der Waals surface area contributed by atoms with Gasteiger partial charge in [0.05, 0.1) is 0 Å². The van der Waals surface area contributed by atoms with Gasteiger partial charge in [-0.1, -0.05) is 26.0 Å². The highest BCUT2D eigenvalue weighted by Crippen LogP contribution is 2.28. The molecule has 0 aromatic heterocycles. The minimum Gasteiger partial charge on any atom is -0.406 e. The highest BCUT2D eigenvalue weighted by atomic mass is 19.4. The molecular formula is C15H23F3N2O. The van der Waals surface area contributed by atoms with Crippen LogP contribution in [0.25, 0.3) is 0 Å². The average molecular weight is 304 g/mol. The summed E-state index contributed by atoms with van der Waals surface area (Å²) in [5.74, 6) is 0.197. The van der Waals surface area contributed by atoms with E-state index in [-0.39, 0.29) is 17.8 Å². The molecular weight excluding hydrogens is 281 g/mol. The van der Waals surface area contributed by atoms with Gasteiger partial charge in [0.25, 0.3) is 0 Å². The van der Waals surface area contributed by atoms with Crippen molar-refractivity contribution in [3.8, 4) is 5.75 Å². The van der Waals surface area contributed by atoms with Crippen LogP contribution in [0.15, 0.2) is 24.3 Å². The summed E-state index contributed by atoms with van der Waals surface area (Å²) in [7, 11) is 1.93. The molecule has 0 fully saturated rings. The summed E-state index contributed by atoms with van der Waals surface area (Å²) in [6.45, 7) is 6.59. The third kappa shape index (κ3) is 5.21. The monoisotopic (exact) mass is 304 g/mol. The maximum absolute atomic E-state index is 12.3. The van der Waals surface area contributed by atoms with Crippen molar-refractivity contribution in [1.29, 1.82) is 0 Å². The molecule has 0 bridgehead atoms. The summed E-state index contributed by atoms with van der Waals surface area (Å²) >= 11 is 0. The van der Waals surface area contributed by atoms with E-state index in [0.717, 1.165) is 0 Å². The van der Waals surface area contributed by atoms with Crippen molar-refractivity contribution in [1.82, 2.24) is 4.90 Å². The summed E-state index contributed by atoms with van der Waals surface area (Å²) < 4.78 is 40.8. The van der Waals surface area contributed by atoms with E-state index in [2.05, 4.69) is 30.4 Å². The number of ether oxygens (including phenoxy) is 1. The Labute approximate surface area is 123 Å². The maximum atomic E-state index is 12.3. The van der Waals surface area contributed by atoms with Gasteiger partial charge < -0.3 is 10.5 Å². The Morgan fingerprint density at radius 2 is 1.86 bits per heavy atom. The van der Waals surface area contributed by atoms with Gasteiger partial charge in [0.15, 0.2) is 0 Å². The predicted octanol–water partition coefficient (Wildman–Crippen LogP) is 3.56. The van der Waals surface area contributed by atoms with Crippen molar-refractivity contribution in [2.24, 2.45) is 11.7 Å². The molecule has 120 valence electrons. The van der Waals surface area contributed by atoms with Crippen molar-refractivity contribution in [3.63, 3.8) is 0 Å². The van der Waals surface area contributed by atoms with Crippen LogP contribution in [0.5, 0.6) is 5.75 Å². The number of hydrogen-bond donors (Lipinski definition) is 1. The zero-order valence-corrected chi connectivity index (χ0v) is 12.8. The lowest BCUT2D eigenvalue weighted by Crippen LogP contribution is -2.39. The molecule has 2 atom stereocenters. The lowest BCUT2D eigenvalue weighted by molar-refractivity contribution is -0.274. The Bertz CT molecular complexity index is 449. The predicted molar refractivity (Wildman–Crippen MR) is 77.0 cm³/mol. The van der Waals surface area contributed by atoms with Gasteiger partial charge in [-0.3, -0.25) is 4.90 Å². The lowest BCUT2D eigenvalue weighted by Gasteiger charge is -2.35. The van der Waals surface area contributed by atoms with Gasteiger partial charge in [-0.15, -0.1) is 13.2 Å². The first-order valence-electron chi connectivity index (χ1n) is 6.93. The molecule has 0 aliphatic carbocycles. The van der Waals surface area contributed by atoms with Crippen LogP contribution in [0.2, 0.25) is 0 Å². The molecule has 0 saturated heterocycles. The fraction of sp³-hybridized carbons (Fsp3) is 0.600. The Balaban J connectivity index is 2.98. The molecule has 3 nitrogen and oxygen atoms in total. The van der Waals surface area contributed by atoms with Gasteiger partial charge >= 0.3 is 6.36 Å². The zero-order chi connectivity index (χ0) is 16.2. The molecule has 6 heteroatoms. The molecule has 1 rings (SSSR count). The minimum absolute atomic E-state index is 0.154. The number of halogens is 3. The van der Waals surface area contributed by atoms with E-state index in [1.807, 2.05) is 7.05 Å². The summed E-state index contributed by atoms with van der Waals surface area (Å²) in [5.41, 5.74) is 6.53. The van der Waals surface area contributed by atoms with Crippen LogP contribution in [-0.2, 0) is 0 Å². The van der Waals surface area contributed by atoms with Gasteiger partial charge in [0, 0.05) is 18.6 Å². The van der Waals surface area contributed by atoms with Gasteiger partial charge in [-0.05, 0) is 37.6 Å². The summed E-state index contributed by atoms with van der Waals surface area (Å²) in [6, 6.07) is 6.10. The number of benzene rings is 1. The quantitative estimate of drug-likeness (QED) is 0.873. The van der Waals surface area contributed by atoms with Gasteiger partial charge in [0.2, 0.25) is 0 Å². The van der Waals surface area contributed by atoms with Crippen LogP contribution < -0.4 is 10.5 Å².